The zero-order valence-electron chi connectivity index (χ0n) is 2.87. The molecule has 0 amide bonds. The summed E-state index contributed by atoms with van der Waals surface area (Å²) in [5, 5.41) is 0. The Morgan fingerprint density at radius 1 is 1.00 bits per heavy atom. The van der Waals surface area contributed by atoms with Crippen LogP contribution in [-0.2, 0) is 9.13 Å². The molecule has 6 heavy (non-hydrogen) atoms. The third kappa shape index (κ3) is 4.33. The first-order valence-electron chi connectivity index (χ1n) is 1.21. The minimum absolute atomic E-state index is 0.0921. The van der Waals surface area contributed by atoms with E-state index in [0.717, 1.165) is 0 Å². The minimum Gasteiger partial charge on any atom is -0.290 e. The van der Waals surface area contributed by atoms with Gasteiger partial charge in [0.2, 0.25) is 13.8 Å². The van der Waals surface area contributed by atoms with E-state index >= 15 is 0 Å². The van der Waals surface area contributed by atoms with Crippen molar-refractivity contribution in [2.75, 3.05) is 0 Å². The van der Waals surface area contributed by atoms with Gasteiger partial charge >= 0.3 is 0 Å². The van der Waals surface area contributed by atoms with Crippen molar-refractivity contribution in [1.29, 1.82) is 0 Å². The van der Waals surface area contributed by atoms with Gasteiger partial charge in [0.25, 0.3) is 0 Å². The standard InChI is InChI=1S/B2O2P2/c3-5-1-2-6-4. The number of rotatable bonds is 3. The van der Waals surface area contributed by atoms with Crippen molar-refractivity contribution >= 4 is 30.5 Å². The number of hydrogen-bond donors (Lipinski definition) is 0. The highest BCUT2D eigenvalue weighted by Crippen LogP contribution is 1.90. The smallest absolute Gasteiger partial charge is 0.212 e. The van der Waals surface area contributed by atoms with Crippen LogP contribution in [0.4, 0.5) is 0 Å². The highest BCUT2D eigenvalue weighted by atomic mass is 31.1. The van der Waals surface area contributed by atoms with Crippen LogP contribution in [0, 0.1) is 0 Å². The maximum absolute atomic E-state index is 9.43. The number of hydrogen-bond acceptors (Lipinski definition) is 2. The SMILES string of the molecule is O=P[B][B]P=O. The zero-order valence-corrected chi connectivity index (χ0v) is 4.65. The maximum Gasteiger partial charge on any atom is 0.212 e. The summed E-state index contributed by atoms with van der Waals surface area (Å²) in [6.07, 6.45) is 0. The molecule has 0 aliphatic carbocycles. The Hall–Kier alpha value is 0.330. The molecule has 0 heterocycles. The first-order chi connectivity index (χ1) is 2.91. The third-order valence-electron chi connectivity index (χ3n) is 0.188. The molecule has 28 valence electrons. The van der Waals surface area contributed by atoms with Crippen LogP contribution in [-0.4, -0.2) is 13.8 Å². The van der Waals surface area contributed by atoms with Gasteiger partial charge in [0.1, 0.15) is 0 Å². The summed E-state index contributed by atoms with van der Waals surface area (Å²) in [6.45, 7) is 2.54. The van der Waals surface area contributed by atoms with Gasteiger partial charge in [0.05, 0.1) is 16.7 Å². The van der Waals surface area contributed by atoms with Crippen molar-refractivity contribution in [1.82, 2.24) is 0 Å². The van der Waals surface area contributed by atoms with Crippen molar-refractivity contribution in [3.05, 3.63) is 0 Å². The topological polar surface area (TPSA) is 34.1 Å². The zero-order chi connectivity index (χ0) is 4.83. The largest absolute Gasteiger partial charge is 0.290 e. The lowest BCUT2D eigenvalue weighted by molar-refractivity contribution is 0.603. The van der Waals surface area contributed by atoms with Gasteiger partial charge in [-0.15, -0.1) is 0 Å². The Balaban J connectivity index is 2.66. The van der Waals surface area contributed by atoms with Gasteiger partial charge in [0.15, 0.2) is 0 Å². The van der Waals surface area contributed by atoms with Crippen molar-refractivity contribution in [2.45, 2.75) is 0 Å². The second-order valence-electron chi connectivity index (χ2n) is 0.509. The van der Waals surface area contributed by atoms with Crippen LogP contribution in [0.5, 0.6) is 0 Å². The first kappa shape index (κ1) is 6.33. The van der Waals surface area contributed by atoms with E-state index < -0.39 is 0 Å². The molecular formula is B2O2P2. The van der Waals surface area contributed by atoms with Crippen molar-refractivity contribution in [2.24, 2.45) is 0 Å². The molecule has 0 aliphatic rings. The van der Waals surface area contributed by atoms with Gasteiger partial charge in [-0.05, 0) is 0 Å². The predicted molar refractivity (Wildman–Crippen MR) is 26.7 cm³/mol. The molecule has 0 fully saturated rings. The quantitative estimate of drug-likeness (QED) is 0.309. The van der Waals surface area contributed by atoms with E-state index in [4.69, 9.17) is 0 Å². The van der Waals surface area contributed by atoms with E-state index in [2.05, 4.69) is 0 Å². The highest BCUT2D eigenvalue weighted by Gasteiger charge is 1.86. The molecule has 0 bridgehead atoms. The Bertz CT molecular complexity index is 45.5. The van der Waals surface area contributed by atoms with Crippen LogP contribution in [0.25, 0.3) is 0 Å². The van der Waals surface area contributed by atoms with Gasteiger partial charge in [0, 0.05) is 0 Å². The second kappa shape index (κ2) is 5.33. The van der Waals surface area contributed by atoms with Crippen LogP contribution in [0.1, 0.15) is 0 Å². The fourth-order valence-corrected chi connectivity index (χ4v) is 0.490. The first-order valence-corrected chi connectivity index (χ1v) is 2.98. The highest BCUT2D eigenvalue weighted by molar-refractivity contribution is 7.88. The summed E-state index contributed by atoms with van der Waals surface area (Å²) in [4.78, 5) is 0. The Labute approximate surface area is 40.5 Å². The summed E-state index contributed by atoms with van der Waals surface area (Å²) in [7, 11) is -0.184. The monoisotopic (exact) mass is 116 g/mol. The summed E-state index contributed by atoms with van der Waals surface area (Å²) in [5.41, 5.74) is 0. The van der Waals surface area contributed by atoms with E-state index in [1.807, 2.05) is 0 Å². The van der Waals surface area contributed by atoms with E-state index in [0.29, 0.717) is 0 Å². The molecular weight excluding hydrogens is 116 g/mol. The molecule has 0 N–H and O–H groups in total. The van der Waals surface area contributed by atoms with Crippen LogP contribution in [0.15, 0.2) is 0 Å². The second-order valence-corrected chi connectivity index (χ2v) is 1.53. The van der Waals surface area contributed by atoms with Crippen molar-refractivity contribution in [3.63, 3.8) is 0 Å². The molecule has 0 aromatic carbocycles. The van der Waals surface area contributed by atoms with Gasteiger partial charge in [-0.2, -0.15) is 0 Å². The molecule has 0 unspecified atom stereocenters. The molecule has 6 heteroatoms. The minimum atomic E-state index is -0.0921. The summed E-state index contributed by atoms with van der Waals surface area (Å²) < 4.78 is 18.9. The molecule has 0 aromatic heterocycles. The molecule has 0 saturated heterocycles. The van der Waals surface area contributed by atoms with E-state index in [1.54, 1.807) is 0 Å². The van der Waals surface area contributed by atoms with E-state index in [1.165, 1.54) is 13.8 Å². The Morgan fingerprint density at radius 2 is 1.33 bits per heavy atom. The van der Waals surface area contributed by atoms with Gasteiger partial charge in [-0.3, -0.25) is 9.13 Å². The van der Waals surface area contributed by atoms with Gasteiger partial charge in [-0.25, -0.2) is 0 Å². The Kier molecular flexibility index (Phi) is 5.62. The molecule has 0 spiro atoms. The maximum atomic E-state index is 9.43. The van der Waals surface area contributed by atoms with E-state index in [9.17, 15) is 9.13 Å². The lowest BCUT2D eigenvalue weighted by Crippen LogP contribution is -1.80. The van der Waals surface area contributed by atoms with Crippen molar-refractivity contribution in [3.8, 4) is 0 Å². The van der Waals surface area contributed by atoms with Gasteiger partial charge in [-0.1, -0.05) is 0 Å². The third-order valence-corrected chi connectivity index (χ3v) is 0.965. The molecule has 0 atom stereocenters. The van der Waals surface area contributed by atoms with Crippen LogP contribution < -0.4 is 0 Å². The Morgan fingerprint density at radius 3 is 1.50 bits per heavy atom. The summed E-state index contributed by atoms with van der Waals surface area (Å²) in [6, 6.07) is 0. The van der Waals surface area contributed by atoms with Gasteiger partial charge < -0.3 is 0 Å². The normalized spacial score (nSPS) is 8.67. The molecule has 0 aliphatic heterocycles. The lowest BCUT2D eigenvalue weighted by Gasteiger charge is -1.58. The summed E-state index contributed by atoms with van der Waals surface area (Å²) in [5.74, 6) is 0. The fraction of sp³-hybridized carbons (Fsp3) is 0. The predicted octanol–water partition coefficient (Wildman–Crippen LogP) is 0.723. The van der Waals surface area contributed by atoms with Crippen LogP contribution in [0.3, 0.4) is 0 Å². The molecule has 0 aromatic rings. The molecule has 0 rings (SSSR count). The molecule has 2 nitrogen and oxygen atoms in total. The van der Waals surface area contributed by atoms with Crippen LogP contribution in [0.2, 0.25) is 0 Å². The average Bonchev–Trinajstić information content (AvgIpc) is 1.61. The van der Waals surface area contributed by atoms with E-state index in [-0.39, 0.29) is 16.7 Å². The summed E-state index contributed by atoms with van der Waals surface area (Å²) >= 11 is 0. The van der Waals surface area contributed by atoms with Crippen LogP contribution >= 0.6 is 16.7 Å². The fourth-order valence-electron chi connectivity index (χ4n) is 0.0544. The molecule has 2 radical (unpaired) electrons. The van der Waals surface area contributed by atoms with Crippen molar-refractivity contribution < 1.29 is 9.13 Å². The lowest BCUT2D eigenvalue weighted by atomic mass is 9.76. The average molecular weight is 116 g/mol. The molecule has 0 saturated carbocycles.